The zero-order valence-electron chi connectivity index (χ0n) is 17.6. The minimum absolute atomic E-state index is 0.150. The maximum absolute atomic E-state index is 13.5. The van der Waals surface area contributed by atoms with Crippen LogP contribution in [-0.4, -0.2) is 64.8 Å². The summed E-state index contributed by atoms with van der Waals surface area (Å²) in [7, 11) is 0. The molecule has 1 fully saturated rings. The van der Waals surface area contributed by atoms with E-state index in [1.54, 1.807) is 12.4 Å². The van der Waals surface area contributed by atoms with Crippen LogP contribution in [0.25, 0.3) is 11.0 Å². The summed E-state index contributed by atoms with van der Waals surface area (Å²) >= 11 is 9.69. The Morgan fingerprint density at radius 3 is 2.58 bits per heavy atom. The molecule has 1 aromatic carbocycles. The maximum Gasteiger partial charge on any atom is 0.231 e. The number of halogens is 2. The number of nitrogens with zero attached hydrogens (tertiary/aromatic N) is 4. The Labute approximate surface area is 195 Å². The highest BCUT2D eigenvalue weighted by atomic mass is 79.9. The van der Waals surface area contributed by atoms with Gasteiger partial charge in [-0.25, -0.2) is 4.98 Å². The Morgan fingerprint density at radius 1 is 1.19 bits per heavy atom. The van der Waals surface area contributed by atoms with E-state index < -0.39 is 0 Å². The van der Waals surface area contributed by atoms with Crippen molar-refractivity contribution in [3.63, 3.8) is 0 Å². The number of carbonyl (C=O) groups is 1. The quantitative estimate of drug-likeness (QED) is 0.533. The van der Waals surface area contributed by atoms with Gasteiger partial charge in [-0.15, -0.1) is 0 Å². The standard InChI is InChI=1S/C22H26BrClN6O/c1-14(2)25-11-17(15-3-5-16(24)6-4-15)22(31)30-9-7-29(8-10-30)20-18-12-27-28-21(18)26-13-19(20)23/h3-6,12-14,17,25H,7-11H2,1-2H3,(H,26,27,28). The second-order valence-electron chi connectivity index (χ2n) is 8.07. The summed E-state index contributed by atoms with van der Waals surface area (Å²) in [4.78, 5) is 22.1. The Balaban J connectivity index is 1.49. The molecule has 1 unspecified atom stereocenters. The molecule has 9 heteroatoms. The second kappa shape index (κ2) is 9.54. The number of fused-ring (bicyclic) bond motifs is 1. The molecule has 1 aliphatic rings. The van der Waals surface area contributed by atoms with Crippen molar-refractivity contribution in [2.45, 2.75) is 25.8 Å². The molecule has 0 bridgehead atoms. The SMILES string of the molecule is CC(C)NCC(C(=O)N1CCN(c2c(Br)cnc3[nH]ncc23)CC1)c1ccc(Cl)cc1. The van der Waals surface area contributed by atoms with Gasteiger partial charge in [0, 0.05) is 50.0 Å². The van der Waals surface area contributed by atoms with Gasteiger partial charge in [-0.1, -0.05) is 37.6 Å². The molecule has 1 aliphatic heterocycles. The second-order valence-corrected chi connectivity index (χ2v) is 9.36. The molecule has 0 spiro atoms. The smallest absolute Gasteiger partial charge is 0.231 e. The van der Waals surface area contributed by atoms with Crippen molar-refractivity contribution in [1.29, 1.82) is 0 Å². The van der Waals surface area contributed by atoms with E-state index in [1.165, 1.54) is 0 Å². The topological polar surface area (TPSA) is 77.2 Å². The lowest BCUT2D eigenvalue weighted by Crippen LogP contribution is -2.51. The first-order chi connectivity index (χ1) is 14.9. The molecule has 1 amide bonds. The van der Waals surface area contributed by atoms with Gasteiger partial charge in [0.2, 0.25) is 5.91 Å². The van der Waals surface area contributed by atoms with Gasteiger partial charge >= 0.3 is 0 Å². The highest BCUT2D eigenvalue weighted by Gasteiger charge is 2.30. The van der Waals surface area contributed by atoms with Crippen LogP contribution in [0.15, 0.2) is 41.1 Å². The van der Waals surface area contributed by atoms with E-state index in [4.69, 9.17) is 11.6 Å². The molecule has 0 aliphatic carbocycles. The fraction of sp³-hybridized carbons (Fsp3) is 0.409. The van der Waals surface area contributed by atoms with Crippen LogP contribution in [0.5, 0.6) is 0 Å². The van der Waals surface area contributed by atoms with E-state index in [-0.39, 0.29) is 11.8 Å². The summed E-state index contributed by atoms with van der Waals surface area (Å²) in [5.74, 6) is -0.0863. The summed E-state index contributed by atoms with van der Waals surface area (Å²) in [5, 5.41) is 12.1. The molecule has 164 valence electrons. The third kappa shape index (κ3) is 4.86. The van der Waals surface area contributed by atoms with Crippen LogP contribution < -0.4 is 10.2 Å². The lowest BCUT2D eigenvalue weighted by molar-refractivity contribution is -0.133. The fourth-order valence-corrected chi connectivity index (χ4v) is 4.64. The fourth-order valence-electron chi connectivity index (χ4n) is 3.95. The predicted molar refractivity (Wildman–Crippen MR) is 128 cm³/mol. The van der Waals surface area contributed by atoms with Gasteiger partial charge in [0.05, 0.1) is 27.7 Å². The molecule has 2 N–H and O–H groups in total. The third-order valence-corrected chi connectivity index (χ3v) is 6.45. The highest BCUT2D eigenvalue weighted by molar-refractivity contribution is 9.10. The van der Waals surface area contributed by atoms with Gasteiger partial charge in [-0.2, -0.15) is 5.10 Å². The molecule has 0 radical (unpaired) electrons. The first-order valence-corrected chi connectivity index (χ1v) is 11.6. The van der Waals surface area contributed by atoms with Crippen molar-refractivity contribution in [2.24, 2.45) is 0 Å². The minimum atomic E-state index is -0.237. The average molecular weight is 506 g/mol. The number of piperazine rings is 1. The molecule has 7 nitrogen and oxygen atoms in total. The van der Waals surface area contributed by atoms with Crippen LogP contribution in [0.2, 0.25) is 5.02 Å². The molecule has 4 rings (SSSR count). The lowest BCUT2D eigenvalue weighted by Gasteiger charge is -2.38. The van der Waals surface area contributed by atoms with Crippen molar-refractivity contribution in [1.82, 2.24) is 25.4 Å². The van der Waals surface area contributed by atoms with E-state index in [9.17, 15) is 4.79 Å². The lowest BCUT2D eigenvalue weighted by atomic mass is 9.96. The third-order valence-electron chi connectivity index (χ3n) is 5.62. The number of H-pyrrole nitrogens is 1. The monoisotopic (exact) mass is 504 g/mol. The normalized spacial score (nSPS) is 15.6. The summed E-state index contributed by atoms with van der Waals surface area (Å²) < 4.78 is 0.932. The Hall–Kier alpha value is -2.16. The summed E-state index contributed by atoms with van der Waals surface area (Å²) in [5.41, 5.74) is 2.82. The first kappa shape index (κ1) is 22.0. The van der Waals surface area contributed by atoms with Crippen LogP contribution >= 0.6 is 27.5 Å². The Kier molecular flexibility index (Phi) is 6.79. The van der Waals surface area contributed by atoms with E-state index in [1.807, 2.05) is 29.2 Å². The molecule has 3 heterocycles. The number of benzene rings is 1. The number of aromatic amines is 1. The van der Waals surface area contributed by atoms with Crippen LogP contribution in [0, 0.1) is 0 Å². The summed E-state index contributed by atoms with van der Waals surface area (Å²) in [6.07, 6.45) is 3.59. The zero-order chi connectivity index (χ0) is 22.0. The van der Waals surface area contributed by atoms with Gasteiger partial charge in [0.25, 0.3) is 0 Å². The van der Waals surface area contributed by atoms with Crippen LogP contribution in [0.4, 0.5) is 5.69 Å². The van der Waals surface area contributed by atoms with Gasteiger partial charge in [-0.05, 0) is 33.6 Å². The van der Waals surface area contributed by atoms with Gasteiger partial charge in [0.1, 0.15) is 0 Å². The molecule has 1 saturated heterocycles. The number of pyridine rings is 1. The molecular weight excluding hydrogens is 480 g/mol. The molecular formula is C22H26BrClN6O. The van der Waals surface area contributed by atoms with Gasteiger partial charge in [-0.3, -0.25) is 9.89 Å². The number of anilines is 1. The van der Waals surface area contributed by atoms with E-state index in [0.29, 0.717) is 30.7 Å². The van der Waals surface area contributed by atoms with Crippen molar-refractivity contribution >= 4 is 50.2 Å². The van der Waals surface area contributed by atoms with Crippen molar-refractivity contribution in [2.75, 3.05) is 37.6 Å². The minimum Gasteiger partial charge on any atom is -0.366 e. The summed E-state index contributed by atoms with van der Waals surface area (Å²) in [6.45, 7) is 7.61. The molecule has 2 aromatic heterocycles. The van der Waals surface area contributed by atoms with Gasteiger partial charge in [0.15, 0.2) is 5.65 Å². The predicted octanol–water partition coefficient (Wildman–Crippen LogP) is 3.80. The van der Waals surface area contributed by atoms with Crippen LogP contribution in [0.3, 0.4) is 0 Å². The summed E-state index contributed by atoms with van der Waals surface area (Å²) in [6, 6.07) is 7.91. The molecule has 3 aromatic rings. The van der Waals surface area contributed by atoms with Gasteiger partial charge < -0.3 is 15.1 Å². The number of hydrogen-bond donors (Lipinski definition) is 2. The largest absolute Gasteiger partial charge is 0.366 e. The number of amides is 1. The van der Waals surface area contributed by atoms with E-state index in [2.05, 4.69) is 55.2 Å². The maximum atomic E-state index is 13.5. The average Bonchev–Trinajstić information content (AvgIpc) is 3.23. The zero-order valence-corrected chi connectivity index (χ0v) is 19.9. The number of carbonyl (C=O) groups excluding carboxylic acids is 1. The first-order valence-electron chi connectivity index (χ1n) is 10.4. The number of nitrogens with one attached hydrogen (secondary N) is 2. The molecule has 0 saturated carbocycles. The number of hydrogen-bond acceptors (Lipinski definition) is 5. The van der Waals surface area contributed by atoms with Crippen molar-refractivity contribution in [3.05, 3.63) is 51.7 Å². The van der Waals surface area contributed by atoms with Crippen molar-refractivity contribution in [3.8, 4) is 0 Å². The van der Waals surface area contributed by atoms with E-state index in [0.717, 1.165) is 39.8 Å². The molecule has 31 heavy (non-hydrogen) atoms. The number of rotatable bonds is 6. The Morgan fingerprint density at radius 2 is 1.90 bits per heavy atom. The van der Waals surface area contributed by atoms with Crippen LogP contribution in [-0.2, 0) is 4.79 Å². The van der Waals surface area contributed by atoms with Crippen molar-refractivity contribution < 1.29 is 4.79 Å². The number of aromatic nitrogens is 3. The highest BCUT2D eigenvalue weighted by Crippen LogP contribution is 2.33. The molecule has 1 atom stereocenters. The van der Waals surface area contributed by atoms with Crippen LogP contribution in [0.1, 0.15) is 25.3 Å². The Bertz CT molecular complexity index is 1050. The van der Waals surface area contributed by atoms with E-state index >= 15 is 0 Å².